The van der Waals surface area contributed by atoms with E-state index in [-0.39, 0.29) is 10.0 Å². The zero-order valence-electron chi connectivity index (χ0n) is 13.9. The van der Waals surface area contributed by atoms with Gasteiger partial charge in [-0.2, -0.15) is 0 Å². The zero-order valence-corrected chi connectivity index (χ0v) is 16.2. The molecule has 0 saturated carbocycles. The van der Waals surface area contributed by atoms with Crippen LogP contribution in [0.2, 0.25) is 0 Å². The Morgan fingerprint density at radius 3 is 1.42 bits per heavy atom. The Labute approximate surface area is 167 Å². The molecule has 0 fully saturated rings. The third-order valence-electron chi connectivity index (χ3n) is 2.80. The number of carbonyl (C=O) groups excluding carboxylic acids is 2. The predicted molar refractivity (Wildman–Crippen MR) is 102 cm³/mol. The Kier molecular flexibility index (Phi) is 6.43. The summed E-state index contributed by atoms with van der Waals surface area (Å²) in [4.78, 5) is 30.2. The van der Waals surface area contributed by atoms with Gasteiger partial charge in [0.2, 0.25) is 0 Å². The molecule has 0 N–H and O–H groups in total. The van der Waals surface area contributed by atoms with Crippen LogP contribution in [-0.2, 0) is 9.59 Å². The van der Waals surface area contributed by atoms with Crippen molar-refractivity contribution in [2.45, 2.75) is 0 Å². The fraction of sp³-hybridized carbons (Fsp3) is 0. The highest BCUT2D eigenvalue weighted by molar-refractivity contribution is 14.1. The first-order valence-electron chi connectivity index (χ1n) is 6.49. The molecular formula is C16H10I2N2O4. The van der Waals surface area contributed by atoms with Crippen molar-refractivity contribution in [1.29, 1.82) is 0 Å². The molecule has 122 valence electrons. The number of Topliss-reactive ketones (excluding diaryl/α,β-unsaturated/α-hetero) is 2. The number of carbonyl (C=O) groups is 2. The van der Waals surface area contributed by atoms with Crippen LogP contribution in [0, 0.1) is 0 Å². The maximum atomic E-state index is 10.9. The fourth-order valence-electron chi connectivity index (χ4n) is 1.63. The third-order valence-corrected chi connectivity index (χ3v) is 4.76. The number of nitrogens with zero attached hydrogens (tertiary/aromatic N) is 2. The first kappa shape index (κ1) is 18.5. The van der Waals surface area contributed by atoms with E-state index in [9.17, 15) is 19.8 Å². The molecule has 0 aliphatic heterocycles. The van der Waals surface area contributed by atoms with Gasteiger partial charge in [0.1, 0.15) is 0 Å². The van der Waals surface area contributed by atoms with Crippen LogP contribution in [0.5, 0.6) is 0 Å². The summed E-state index contributed by atoms with van der Waals surface area (Å²) >= 11 is 2.82. The van der Waals surface area contributed by atoms with Gasteiger partial charge in [0.05, 0.1) is 18.5 Å². The SMILES string of the molecule is O=C1C([O-])=C(I)C(=O)C([O-])=C1I.[H+].[H+].c1ccc(-c2ccccn2)nc1. The van der Waals surface area contributed by atoms with Gasteiger partial charge in [-0.3, -0.25) is 19.6 Å². The summed E-state index contributed by atoms with van der Waals surface area (Å²) in [7, 11) is 0. The summed E-state index contributed by atoms with van der Waals surface area (Å²) in [6, 6.07) is 11.6. The minimum absolute atomic E-state index is 0. The maximum Gasteiger partial charge on any atom is 1.00 e. The van der Waals surface area contributed by atoms with Crippen LogP contribution in [0.4, 0.5) is 0 Å². The number of rotatable bonds is 1. The van der Waals surface area contributed by atoms with E-state index in [0.29, 0.717) is 0 Å². The van der Waals surface area contributed by atoms with Crippen LogP contribution in [0.25, 0.3) is 11.4 Å². The third kappa shape index (κ3) is 4.17. The van der Waals surface area contributed by atoms with Crippen LogP contribution in [0.1, 0.15) is 2.85 Å². The van der Waals surface area contributed by atoms with Crippen molar-refractivity contribution in [2.75, 3.05) is 0 Å². The fourth-order valence-corrected chi connectivity index (χ4v) is 2.61. The maximum absolute atomic E-state index is 10.9. The average Bonchev–Trinajstić information content (AvgIpc) is 2.65. The molecular weight excluding hydrogens is 538 g/mol. The molecule has 1 aliphatic carbocycles. The van der Waals surface area contributed by atoms with E-state index in [4.69, 9.17) is 0 Å². The summed E-state index contributed by atoms with van der Waals surface area (Å²) in [5.41, 5.74) is 1.83. The van der Waals surface area contributed by atoms with Gasteiger partial charge >= 0.3 is 2.85 Å². The Balaban J connectivity index is 0.000000446. The van der Waals surface area contributed by atoms with E-state index in [1.54, 1.807) is 12.4 Å². The Morgan fingerprint density at radius 1 is 0.750 bits per heavy atom. The number of aromatic nitrogens is 2. The van der Waals surface area contributed by atoms with Crippen molar-refractivity contribution < 1.29 is 22.7 Å². The number of ketones is 2. The summed E-state index contributed by atoms with van der Waals surface area (Å²) < 4.78 is -0.633. The molecule has 2 heterocycles. The van der Waals surface area contributed by atoms with E-state index < -0.39 is 23.1 Å². The highest BCUT2D eigenvalue weighted by Crippen LogP contribution is 2.26. The quantitative estimate of drug-likeness (QED) is 0.396. The molecule has 8 heteroatoms. The molecule has 0 radical (unpaired) electrons. The minimum Gasteiger partial charge on any atom is -0.869 e. The van der Waals surface area contributed by atoms with Crippen LogP contribution >= 0.6 is 45.2 Å². The molecule has 0 amide bonds. The molecule has 0 spiro atoms. The number of allylic oxidation sites excluding steroid dienone is 2. The highest BCUT2D eigenvalue weighted by Gasteiger charge is 2.21. The van der Waals surface area contributed by atoms with Crippen LogP contribution in [0.3, 0.4) is 0 Å². The lowest BCUT2D eigenvalue weighted by molar-refractivity contribution is -0.306. The predicted octanol–water partition coefficient (Wildman–Crippen LogP) is 1.52. The Hall–Kier alpha value is -1.82. The van der Waals surface area contributed by atoms with E-state index in [2.05, 4.69) is 9.97 Å². The van der Waals surface area contributed by atoms with Gasteiger partial charge in [-0.1, -0.05) is 12.1 Å². The largest absolute Gasteiger partial charge is 1.00 e. The Bertz CT molecular complexity index is 744. The second-order valence-corrected chi connectivity index (χ2v) is 6.53. The molecule has 1 aliphatic rings. The standard InChI is InChI=1S/C10H8N2.C6H2I2O4/c1-3-7-11-9(5-1)10-6-2-4-8-12-10;7-1-3(9)5(11)2(8)6(12)4(1)10/h1-8H;9,12H. The molecule has 3 rings (SSSR count). The molecule has 0 bridgehead atoms. The molecule has 0 aromatic carbocycles. The van der Waals surface area contributed by atoms with Crippen molar-refractivity contribution >= 4 is 56.7 Å². The molecule has 0 atom stereocenters. The van der Waals surface area contributed by atoms with Gasteiger partial charge in [0.15, 0.2) is 11.6 Å². The number of hydrogen-bond donors (Lipinski definition) is 0. The van der Waals surface area contributed by atoms with Crippen molar-refractivity contribution in [3.05, 3.63) is 67.5 Å². The van der Waals surface area contributed by atoms with Crippen LogP contribution in [0.15, 0.2) is 67.5 Å². The summed E-state index contributed by atoms with van der Waals surface area (Å²) in [6.07, 6.45) is 3.54. The van der Waals surface area contributed by atoms with Crippen molar-refractivity contribution in [1.82, 2.24) is 9.97 Å². The summed E-state index contributed by atoms with van der Waals surface area (Å²) in [5, 5.41) is 21.8. The van der Waals surface area contributed by atoms with Crippen molar-refractivity contribution in [3.8, 4) is 11.4 Å². The molecule has 2 aromatic rings. The number of hydrogen-bond acceptors (Lipinski definition) is 6. The van der Waals surface area contributed by atoms with Gasteiger partial charge in [-0.15, -0.1) is 0 Å². The molecule has 24 heavy (non-hydrogen) atoms. The van der Waals surface area contributed by atoms with Crippen molar-refractivity contribution in [2.24, 2.45) is 0 Å². The molecule has 0 unspecified atom stereocenters. The summed E-state index contributed by atoms with van der Waals surface area (Å²) in [6.45, 7) is 0. The lowest BCUT2D eigenvalue weighted by atomic mass is 10.1. The first-order chi connectivity index (χ1) is 11.4. The number of pyridine rings is 2. The van der Waals surface area contributed by atoms with Gasteiger partial charge in [0, 0.05) is 12.4 Å². The van der Waals surface area contributed by atoms with Crippen molar-refractivity contribution in [3.63, 3.8) is 0 Å². The lowest BCUT2D eigenvalue weighted by Gasteiger charge is -2.23. The highest BCUT2D eigenvalue weighted by atomic mass is 127. The topological polar surface area (TPSA) is 106 Å². The zero-order chi connectivity index (χ0) is 17.7. The second-order valence-electron chi connectivity index (χ2n) is 4.37. The van der Waals surface area contributed by atoms with E-state index in [1.807, 2.05) is 36.4 Å². The normalized spacial score (nSPS) is 14.4. The minimum atomic E-state index is -0.885. The monoisotopic (exact) mass is 548 g/mol. The van der Waals surface area contributed by atoms with Crippen LogP contribution < -0.4 is 10.2 Å². The average molecular weight is 548 g/mol. The van der Waals surface area contributed by atoms with Gasteiger partial charge in [0.25, 0.3) is 0 Å². The van der Waals surface area contributed by atoms with Gasteiger partial charge < -0.3 is 10.2 Å². The van der Waals surface area contributed by atoms with Crippen LogP contribution in [-0.4, -0.2) is 21.5 Å². The van der Waals surface area contributed by atoms with E-state index >= 15 is 0 Å². The first-order valence-corrected chi connectivity index (χ1v) is 8.64. The van der Waals surface area contributed by atoms with E-state index in [0.717, 1.165) is 11.4 Å². The smallest absolute Gasteiger partial charge is 0.869 e. The molecule has 6 nitrogen and oxygen atoms in total. The second kappa shape index (κ2) is 8.33. The molecule has 2 aromatic heterocycles. The van der Waals surface area contributed by atoms with Gasteiger partial charge in [-0.05, 0) is 81.0 Å². The summed E-state index contributed by atoms with van der Waals surface area (Å²) in [5.74, 6) is -3.54. The van der Waals surface area contributed by atoms with Gasteiger partial charge in [-0.25, -0.2) is 0 Å². The Morgan fingerprint density at radius 2 is 1.12 bits per heavy atom. The van der Waals surface area contributed by atoms with E-state index in [1.165, 1.54) is 45.2 Å². The number of halogens is 2. The molecule has 0 saturated heterocycles. The lowest BCUT2D eigenvalue weighted by Crippen LogP contribution is -2.30.